The Morgan fingerprint density at radius 1 is 0.400 bits per heavy atom. The number of furan rings is 1. The Balaban J connectivity index is 1.26. The molecule has 2 aromatic heterocycles. The fourth-order valence-electron chi connectivity index (χ4n) is 6.17. The molecule has 4 heteroatoms. The third kappa shape index (κ3) is 4.87. The molecule has 0 spiro atoms. The highest BCUT2D eigenvalue weighted by Gasteiger charge is 2.18. The van der Waals surface area contributed by atoms with E-state index in [4.69, 9.17) is 19.4 Å². The van der Waals surface area contributed by atoms with Crippen LogP contribution in [0.25, 0.3) is 78.4 Å². The van der Waals surface area contributed by atoms with Crippen LogP contribution >= 0.6 is 0 Å². The largest absolute Gasteiger partial charge is 0.456 e. The van der Waals surface area contributed by atoms with E-state index in [0.717, 1.165) is 66.4 Å². The van der Waals surface area contributed by atoms with Crippen molar-refractivity contribution < 1.29 is 4.42 Å². The topological polar surface area (TPSA) is 51.8 Å². The molecule has 214 valence electrons. The quantitative estimate of drug-likeness (QED) is 0.203. The zero-order valence-corrected chi connectivity index (χ0v) is 25.0. The van der Waals surface area contributed by atoms with Crippen LogP contribution in [0.5, 0.6) is 0 Å². The lowest BCUT2D eigenvalue weighted by atomic mass is 9.89. The number of hydrogen-bond acceptors (Lipinski definition) is 4. The fraction of sp³-hybridized carbons (Fsp3) is 0.0488. The highest BCUT2D eigenvalue weighted by molar-refractivity contribution is 6.06. The van der Waals surface area contributed by atoms with Crippen molar-refractivity contribution in [3.8, 4) is 56.4 Å². The molecule has 0 fully saturated rings. The number of fused-ring (bicyclic) bond motifs is 3. The Bertz CT molecular complexity index is 2280. The highest BCUT2D eigenvalue weighted by Crippen LogP contribution is 2.39. The second kappa shape index (κ2) is 11.0. The maximum Gasteiger partial charge on any atom is 0.164 e. The highest BCUT2D eigenvalue weighted by atomic mass is 16.3. The smallest absolute Gasteiger partial charge is 0.164 e. The number of hydrogen-bond donors (Lipinski definition) is 0. The second-order valence-electron chi connectivity index (χ2n) is 11.4. The standard InChI is InChI=1S/C41H29N3O/c1-26-12-11-18-34(41-43-39(28-13-5-3-6-14-28)42-40(44-41)29-15-7-4-8-16-29)38(26)32-22-20-30(24-27(32)2)31-21-23-37-35(25-31)33-17-9-10-19-36(33)45-37/h3-25H,1-2H3. The molecular formula is C41H29N3O. The van der Waals surface area contributed by atoms with Gasteiger partial charge in [0.2, 0.25) is 0 Å². The molecule has 0 bridgehead atoms. The van der Waals surface area contributed by atoms with Crippen molar-refractivity contribution in [3.05, 3.63) is 151 Å². The molecule has 0 aliphatic carbocycles. The Morgan fingerprint density at radius 3 is 1.71 bits per heavy atom. The minimum atomic E-state index is 0.654. The molecule has 0 aliphatic rings. The summed E-state index contributed by atoms with van der Waals surface area (Å²) in [6.45, 7) is 4.33. The SMILES string of the molecule is Cc1cc(-c2ccc3oc4ccccc4c3c2)ccc1-c1c(C)cccc1-c1nc(-c2ccccc2)nc(-c2ccccc2)n1. The lowest BCUT2D eigenvalue weighted by Gasteiger charge is -2.17. The summed E-state index contributed by atoms with van der Waals surface area (Å²) in [4.78, 5) is 15.0. The molecule has 0 saturated heterocycles. The van der Waals surface area contributed by atoms with Gasteiger partial charge in [0.25, 0.3) is 0 Å². The Hall–Kier alpha value is -5.87. The van der Waals surface area contributed by atoms with E-state index >= 15 is 0 Å². The number of benzene rings is 6. The first-order valence-corrected chi connectivity index (χ1v) is 15.1. The van der Waals surface area contributed by atoms with Crippen LogP contribution in [0.1, 0.15) is 11.1 Å². The molecule has 45 heavy (non-hydrogen) atoms. The number of nitrogens with zero attached hydrogens (tertiary/aromatic N) is 3. The first kappa shape index (κ1) is 26.7. The van der Waals surface area contributed by atoms with Crippen LogP contribution in [0.2, 0.25) is 0 Å². The molecule has 8 aromatic rings. The Kier molecular flexibility index (Phi) is 6.54. The van der Waals surface area contributed by atoms with Crippen molar-refractivity contribution in [2.24, 2.45) is 0 Å². The van der Waals surface area contributed by atoms with E-state index < -0.39 is 0 Å². The monoisotopic (exact) mass is 579 g/mol. The average Bonchev–Trinajstić information content (AvgIpc) is 3.47. The van der Waals surface area contributed by atoms with Crippen LogP contribution in [0.4, 0.5) is 0 Å². The van der Waals surface area contributed by atoms with Crippen molar-refractivity contribution in [2.45, 2.75) is 13.8 Å². The van der Waals surface area contributed by atoms with Crippen LogP contribution in [0.3, 0.4) is 0 Å². The van der Waals surface area contributed by atoms with E-state index in [-0.39, 0.29) is 0 Å². The van der Waals surface area contributed by atoms with Gasteiger partial charge in [-0.15, -0.1) is 0 Å². The van der Waals surface area contributed by atoms with E-state index in [0.29, 0.717) is 17.5 Å². The van der Waals surface area contributed by atoms with Gasteiger partial charge in [-0.25, -0.2) is 15.0 Å². The number of aryl methyl sites for hydroxylation is 2. The summed E-state index contributed by atoms with van der Waals surface area (Å²) in [5.74, 6) is 1.96. The van der Waals surface area contributed by atoms with Crippen molar-refractivity contribution in [1.29, 1.82) is 0 Å². The lowest BCUT2D eigenvalue weighted by molar-refractivity contribution is 0.669. The van der Waals surface area contributed by atoms with Crippen LogP contribution in [-0.2, 0) is 0 Å². The zero-order chi connectivity index (χ0) is 30.3. The van der Waals surface area contributed by atoms with Gasteiger partial charge in [-0.1, -0.05) is 121 Å². The fourth-order valence-corrected chi connectivity index (χ4v) is 6.17. The molecule has 2 heterocycles. The summed E-state index contributed by atoms with van der Waals surface area (Å²) < 4.78 is 6.07. The van der Waals surface area contributed by atoms with Gasteiger partial charge in [0.05, 0.1) is 0 Å². The van der Waals surface area contributed by atoms with Crippen LogP contribution in [0.15, 0.2) is 144 Å². The summed E-state index contributed by atoms with van der Waals surface area (Å²) in [7, 11) is 0. The van der Waals surface area contributed by atoms with E-state index in [1.807, 2.05) is 72.8 Å². The van der Waals surface area contributed by atoms with Crippen LogP contribution < -0.4 is 0 Å². The molecule has 0 saturated carbocycles. The minimum Gasteiger partial charge on any atom is -0.456 e. The van der Waals surface area contributed by atoms with Gasteiger partial charge in [0.1, 0.15) is 11.2 Å². The molecule has 0 amide bonds. The van der Waals surface area contributed by atoms with Gasteiger partial charge in [0, 0.05) is 27.5 Å². The lowest BCUT2D eigenvalue weighted by Crippen LogP contribution is -2.02. The zero-order valence-electron chi connectivity index (χ0n) is 25.0. The van der Waals surface area contributed by atoms with Gasteiger partial charge < -0.3 is 4.42 Å². The van der Waals surface area contributed by atoms with Crippen molar-refractivity contribution in [2.75, 3.05) is 0 Å². The first-order valence-electron chi connectivity index (χ1n) is 15.1. The van der Waals surface area contributed by atoms with E-state index in [9.17, 15) is 0 Å². The van der Waals surface area contributed by atoms with E-state index in [1.165, 1.54) is 5.56 Å². The molecule has 8 rings (SSSR count). The summed E-state index contributed by atoms with van der Waals surface area (Å²) in [5, 5.41) is 2.26. The predicted octanol–water partition coefficient (Wildman–Crippen LogP) is 10.7. The molecule has 0 radical (unpaired) electrons. The van der Waals surface area contributed by atoms with Crippen molar-refractivity contribution in [3.63, 3.8) is 0 Å². The average molecular weight is 580 g/mol. The minimum absolute atomic E-state index is 0.654. The van der Waals surface area contributed by atoms with Crippen LogP contribution in [0, 0.1) is 13.8 Å². The van der Waals surface area contributed by atoms with Gasteiger partial charge in [-0.05, 0) is 65.4 Å². The molecule has 4 nitrogen and oxygen atoms in total. The third-order valence-corrected chi connectivity index (χ3v) is 8.42. The van der Waals surface area contributed by atoms with Gasteiger partial charge in [0.15, 0.2) is 17.5 Å². The number of aromatic nitrogens is 3. The molecule has 0 aliphatic heterocycles. The van der Waals surface area contributed by atoms with Crippen molar-refractivity contribution in [1.82, 2.24) is 15.0 Å². The normalized spacial score (nSPS) is 11.3. The number of rotatable bonds is 5. The van der Waals surface area contributed by atoms with Gasteiger partial charge in [-0.3, -0.25) is 0 Å². The summed E-state index contributed by atoms with van der Waals surface area (Å²) >= 11 is 0. The van der Waals surface area contributed by atoms with Crippen molar-refractivity contribution >= 4 is 21.9 Å². The summed E-state index contributed by atoms with van der Waals surface area (Å²) in [6, 6.07) is 47.9. The van der Waals surface area contributed by atoms with E-state index in [1.54, 1.807) is 0 Å². The third-order valence-electron chi connectivity index (χ3n) is 8.42. The summed E-state index contributed by atoms with van der Waals surface area (Å²) in [6.07, 6.45) is 0. The summed E-state index contributed by atoms with van der Waals surface area (Å²) in [5.41, 5.74) is 11.7. The molecule has 0 atom stereocenters. The number of para-hydroxylation sites is 1. The molecule has 0 N–H and O–H groups in total. The maximum atomic E-state index is 6.07. The van der Waals surface area contributed by atoms with Gasteiger partial charge >= 0.3 is 0 Å². The van der Waals surface area contributed by atoms with Crippen LogP contribution in [-0.4, -0.2) is 15.0 Å². The Labute approximate surface area is 261 Å². The molecule has 0 unspecified atom stereocenters. The van der Waals surface area contributed by atoms with Gasteiger partial charge in [-0.2, -0.15) is 0 Å². The molecule has 6 aromatic carbocycles. The van der Waals surface area contributed by atoms with E-state index in [2.05, 4.69) is 80.6 Å². The molecular weight excluding hydrogens is 550 g/mol. The Morgan fingerprint density at radius 2 is 1.00 bits per heavy atom. The second-order valence-corrected chi connectivity index (χ2v) is 11.4. The maximum absolute atomic E-state index is 6.07. The first-order chi connectivity index (χ1) is 22.1. The predicted molar refractivity (Wildman–Crippen MR) is 184 cm³/mol.